The predicted octanol–water partition coefficient (Wildman–Crippen LogP) is 4.32. The van der Waals surface area contributed by atoms with Crippen LogP contribution in [-0.4, -0.2) is 30.8 Å². The average Bonchev–Trinajstić information content (AvgIpc) is 3.05. The Labute approximate surface area is 160 Å². The minimum atomic E-state index is -3.49. The van der Waals surface area contributed by atoms with Crippen LogP contribution >= 0.6 is 0 Å². The normalized spacial score (nSPS) is 16.9. The summed E-state index contributed by atoms with van der Waals surface area (Å²) in [5.41, 5.74) is 4.35. The minimum Gasteiger partial charge on any atom is -0.440 e. The number of fused-ring (bicyclic) bond motifs is 1. The molecular weight excluding hydrogens is 360 g/mol. The number of hydrogen-bond donors (Lipinski definition) is 0. The predicted molar refractivity (Wildman–Crippen MR) is 105 cm³/mol. The summed E-state index contributed by atoms with van der Waals surface area (Å²) in [7, 11) is -3.49. The van der Waals surface area contributed by atoms with Crippen LogP contribution in [0, 0.1) is 20.8 Å². The van der Waals surface area contributed by atoms with E-state index in [4.69, 9.17) is 4.42 Å². The van der Waals surface area contributed by atoms with Gasteiger partial charge in [0.1, 0.15) is 5.52 Å². The van der Waals surface area contributed by atoms with E-state index in [1.807, 2.05) is 57.2 Å². The average molecular weight is 385 g/mol. The highest BCUT2D eigenvalue weighted by Gasteiger charge is 2.33. The zero-order valence-corrected chi connectivity index (χ0v) is 16.7. The van der Waals surface area contributed by atoms with Gasteiger partial charge in [-0.2, -0.15) is 4.31 Å². The van der Waals surface area contributed by atoms with Gasteiger partial charge in [-0.05, 0) is 56.9 Å². The summed E-state index contributed by atoms with van der Waals surface area (Å²) < 4.78 is 33.9. The van der Waals surface area contributed by atoms with E-state index < -0.39 is 10.0 Å². The first kappa shape index (κ1) is 18.2. The van der Waals surface area contributed by atoms with Gasteiger partial charge in [0, 0.05) is 19.0 Å². The third-order valence-corrected chi connectivity index (χ3v) is 7.52. The van der Waals surface area contributed by atoms with Gasteiger partial charge in [-0.15, -0.1) is 0 Å². The molecule has 27 heavy (non-hydrogen) atoms. The van der Waals surface area contributed by atoms with E-state index in [9.17, 15) is 8.42 Å². The Hall–Kier alpha value is -2.18. The molecule has 0 bridgehead atoms. The van der Waals surface area contributed by atoms with E-state index in [2.05, 4.69) is 4.98 Å². The molecule has 4 rings (SSSR count). The summed E-state index contributed by atoms with van der Waals surface area (Å²) >= 11 is 0. The van der Waals surface area contributed by atoms with Crippen LogP contribution in [0.15, 0.2) is 45.7 Å². The molecule has 1 saturated heterocycles. The van der Waals surface area contributed by atoms with Crippen LogP contribution in [0.1, 0.15) is 41.3 Å². The fraction of sp³-hybridized carbons (Fsp3) is 0.381. The van der Waals surface area contributed by atoms with E-state index in [1.165, 1.54) is 0 Å². The van der Waals surface area contributed by atoms with Crippen LogP contribution in [0.4, 0.5) is 0 Å². The second-order valence-electron chi connectivity index (χ2n) is 7.43. The first-order valence-electron chi connectivity index (χ1n) is 9.30. The van der Waals surface area contributed by atoms with Crippen molar-refractivity contribution < 1.29 is 12.8 Å². The standard InChI is InChI=1S/C21H24N2O3S/c1-14-12-15(2)20(16(3)13-14)27(24,25)23-10-8-17(9-11-23)21-22-18-6-4-5-7-19(18)26-21/h4-7,12-13,17H,8-11H2,1-3H3. The number of aryl methyl sites for hydroxylation is 3. The monoisotopic (exact) mass is 384 g/mol. The lowest BCUT2D eigenvalue weighted by molar-refractivity contribution is 0.293. The van der Waals surface area contributed by atoms with Crippen molar-refractivity contribution in [1.82, 2.24) is 9.29 Å². The SMILES string of the molecule is Cc1cc(C)c(S(=O)(=O)N2CCC(c3nc4ccccc4o3)CC2)c(C)c1. The van der Waals surface area contributed by atoms with E-state index >= 15 is 0 Å². The van der Waals surface area contributed by atoms with Crippen LogP contribution in [0.2, 0.25) is 0 Å². The zero-order chi connectivity index (χ0) is 19.2. The molecule has 0 atom stereocenters. The van der Waals surface area contributed by atoms with Crippen LogP contribution in [-0.2, 0) is 10.0 Å². The Bertz CT molecular complexity index is 1040. The number of nitrogens with zero attached hydrogens (tertiary/aromatic N) is 2. The Morgan fingerprint density at radius 3 is 2.30 bits per heavy atom. The number of hydrogen-bond acceptors (Lipinski definition) is 4. The van der Waals surface area contributed by atoms with Crippen molar-refractivity contribution >= 4 is 21.1 Å². The molecule has 3 aromatic rings. The van der Waals surface area contributed by atoms with Crippen molar-refractivity contribution in [3.05, 3.63) is 59.0 Å². The van der Waals surface area contributed by atoms with Gasteiger partial charge in [0.25, 0.3) is 0 Å². The van der Waals surface area contributed by atoms with Crippen molar-refractivity contribution in [2.45, 2.75) is 44.4 Å². The van der Waals surface area contributed by atoms with Gasteiger partial charge in [0.2, 0.25) is 10.0 Å². The van der Waals surface area contributed by atoms with Crippen LogP contribution < -0.4 is 0 Å². The molecule has 0 spiro atoms. The maximum atomic E-state index is 13.2. The summed E-state index contributed by atoms with van der Waals surface area (Å²) in [6.07, 6.45) is 1.44. The Morgan fingerprint density at radius 2 is 1.67 bits per heavy atom. The lowest BCUT2D eigenvalue weighted by atomic mass is 9.98. The summed E-state index contributed by atoms with van der Waals surface area (Å²) in [6, 6.07) is 11.6. The second-order valence-corrected chi connectivity index (χ2v) is 9.30. The third kappa shape index (κ3) is 3.28. The topological polar surface area (TPSA) is 63.4 Å². The molecule has 0 aliphatic carbocycles. The molecular formula is C21H24N2O3S. The van der Waals surface area contributed by atoms with Gasteiger partial charge in [0.05, 0.1) is 4.90 Å². The molecule has 1 aliphatic heterocycles. The van der Waals surface area contributed by atoms with Gasteiger partial charge >= 0.3 is 0 Å². The van der Waals surface area contributed by atoms with Crippen molar-refractivity contribution in [3.8, 4) is 0 Å². The van der Waals surface area contributed by atoms with Crippen molar-refractivity contribution in [2.24, 2.45) is 0 Å². The number of benzene rings is 2. The van der Waals surface area contributed by atoms with Gasteiger partial charge < -0.3 is 4.42 Å². The van der Waals surface area contributed by atoms with Gasteiger partial charge in [-0.3, -0.25) is 0 Å². The largest absolute Gasteiger partial charge is 0.440 e. The summed E-state index contributed by atoms with van der Waals surface area (Å²) in [5.74, 6) is 0.875. The zero-order valence-electron chi connectivity index (χ0n) is 15.9. The van der Waals surface area contributed by atoms with Crippen LogP contribution in [0.3, 0.4) is 0 Å². The first-order chi connectivity index (χ1) is 12.9. The number of oxazole rings is 1. The summed E-state index contributed by atoms with van der Waals surface area (Å²) in [6.45, 7) is 6.70. The molecule has 0 unspecified atom stereocenters. The fourth-order valence-electron chi connectivity index (χ4n) is 4.11. The van der Waals surface area contributed by atoms with E-state index in [-0.39, 0.29) is 5.92 Å². The molecule has 0 radical (unpaired) electrons. The highest BCUT2D eigenvalue weighted by Crippen LogP contribution is 2.33. The van der Waals surface area contributed by atoms with Gasteiger partial charge in [-0.25, -0.2) is 13.4 Å². The molecule has 1 fully saturated rings. The highest BCUT2D eigenvalue weighted by atomic mass is 32.2. The summed E-state index contributed by atoms with van der Waals surface area (Å²) in [4.78, 5) is 5.04. The minimum absolute atomic E-state index is 0.157. The van der Waals surface area contributed by atoms with E-state index in [0.29, 0.717) is 18.0 Å². The maximum absolute atomic E-state index is 13.2. The van der Waals surface area contributed by atoms with Crippen LogP contribution in [0.5, 0.6) is 0 Å². The summed E-state index contributed by atoms with van der Waals surface area (Å²) in [5, 5.41) is 0. The number of aromatic nitrogens is 1. The van der Waals surface area contributed by atoms with Crippen LogP contribution in [0.25, 0.3) is 11.1 Å². The van der Waals surface area contributed by atoms with E-state index in [1.54, 1.807) is 4.31 Å². The molecule has 1 aromatic heterocycles. The number of para-hydroxylation sites is 2. The van der Waals surface area contributed by atoms with Gasteiger partial charge in [0.15, 0.2) is 11.5 Å². The molecule has 6 heteroatoms. The van der Waals surface area contributed by atoms with Gasteiger partial charge in [-0.1, -0.05) is 29.8 Å². The third-order valence-electron chi connectivity index (χ3n) is 5.32. The fourth-order valence-corrected chi connectivity index (χ4v) is 5.99. The van der Waals surface area contributed by atoms with E-state index in [0.717, 1.165) is 46.5 Å². The Morgan fingerprint density at radius 1 is 1.04 bits per heavy atom. The quantitative estimate of drug-likeness (QED) is 0.675. The smallest absolute Gasteiger partial charge is 0.243 e. The molecule has 2 heterocycles. The lowest BCUT2D eigenvalue weighted by Crippen LogP contribution is -2.38. The molecule has 0 amide bonds. The second kappa shape index (κ2) is 6.77. The van der Waals surface area contributed by atoms with Crippen molar-refractivity contribution in [2.75, 3.05) is 13.1 Å². The number of sulfonamides is 1. The highest BCUT2D eigenvalue weighted by molar-refractivity contribution is 7.89. The molecule has 1 aliphatic rings. The maximum Gasteiger partial charge on any atom is 0.243 e. The molecule has 5 nitrogen and oxygen atoms in total. The lowest BCUT2D eigenvalue weighted by Gasteiger charge is -2.30. The Balaban J connectivity index is 1.55. The van der Waals surface area contributed by atoms with Crippen molar-refractivity contribution in [3.63, 3.8) is 0 Å². The molecule has 2 aromatic carbocycles. The first-order valence-corrected chi connectivity index (χ1v) is 10.7. The number of piperidine rings is 1. The van der Waals surface area contributed by atoms with Crippen molar-refractivity contribution in [1.29, 1.82) is 0 Å². The molecule has 0 saturated carbocycles. The molecule has 142 valence electrons. The Kier molecular flexibility index (Phi) is 4.56. The molecule has 0 N–H and O–H groups in total. The number of rotatable bonds is 3.